The van der Waals surface area contributed by atoms with Crippen molar-refractivity contribution in [1.82, 2.24) is 0 Å². The molecule has 0 spiro atoms. The molecule has 0 saturated heterocycles. The van der Waals surface area contributed by atoms with Crippen LogP contribution in [0.15, 0.2) is 115 Å². The number of benzene rings is 5. The summed E-state index contributed by atoms with van der Waals surface area (Å²) in [4.78, 5) is 2.65. The van der Waals surface area contributed by atoms with Gasteiger partial charge in [0, 0.05) is 27.3 Å². The standard InChI is InChI=1S/C32H18BN2PS/c37-36-27-15-7-3-10-20(27)22-18-17-21-19-9-1-5-13-25(19)33-26-14-6-2-11-23(26)29(24-12-4-8-16-28(24)36)32-34(33)30(21)31(22)35(32)36/h1-18H. The van der Waals surface area contributed by atoms with Gasteiger partial charge in [-0.05, 0) is 33.2 Å². The Bertz CT molecular complexity index is 2010. The van der Waals surface area contributed by atoms with Crippen LogP contribution in [0.5, 0.6) is 0 Å². The van der Waals surface area contributed by atoms with Gasteiger partial charge in [0.25, 0.3) is 0 Å². The average Bonchev–Trinajstić information content (AvgIpc) is 3.32. The molecule has 5 aromatic rings. The zero-order chi connectivity index (χ0) is 24.0. The van der Waals surface area contributed by atoms with Crippen LogP contribution in [0.1, 0.15) is 11.1 Å². The van der Waals surface area contributed by atoms with Crippen molar-refractivity contribution in [3.8, 4) is 22.3 Å². The summed E-state index contributed by atoms with van der Waals surface area (Å²) >= 11 is 6.96. The van der Waals surface area contributed by atoms with Gasteiger partial charge in [0.05, 0.1) is 17.6 Å². The molecular weight excluding hydrogens is 486 g/mol. The van der Waals surface area contributed by atoms with Crippen LogP contribution < -0.4 is 31.0 Å². The van der Waals surface area contributed by atoms with Gasteiger partial charge < -0.3 is 4.81 Å². The first-order valence-corrected chi connectivity index (χ1v) is 15.5. The first-order valence-electron chi connectivity index (χ1n) is 12.8. The Morgan fingerprint density at radius 1 is 0.514 bits per heavy atom. The van der Waals surface area contributed by atoms with Crippen LogP contribution in [0, 0.1) is 0 Å². The highest BCUT2D eigenvalue weighted by Gasteiger charge is 2.58. The third kappa shape index (κ3) is 1.93. The Morgan fingerprint density at radius 2 is 1.05 bits per heavy atom. The number of hydrogen-bond acceptors (Lipinski definition) is 2. The van der Waals surface area contributed by atoms with Gasteiger partial charge in [0.1, 0.15) is 5.82 Å². The molecule has 2 nitrogen and oxygen atoms in total. The number of fused-ring (bicyclic) bond motifs is 12. The predicted octanol–water partition coefficient (Wildman–Crippen LogP) is 5.17. The van der Waals surface area contributed by atoms with Gasteiger partial charge in [-0.2, -0.15) is 0 Å². The molecular formula is C32H18BN2PS. The fourth-order valence-electron chi connectivity index (χ4n) is 7.57. The third-order valence-corrected chi connectivity index (χ3v) is 13.6. The zero-order valence-electron chi connectivity index (χ0n) is 19.7. The van der Waals surface area contributed by atoms with Gasteiger partial charge >= 0.3 is 6.85 Å². The second-order valence-corrected chi connectivity index (χ2v) is 14.5. The summed E-state index contributed by atoms with van der Waals surface area (Å²) in [6.45, 7) is 0.132. The highest BCUT2D eigenvalue weighted by Crippen LogP contribution is 2.71. The van der Waals surface area contributed by atoms with Gasteiger partial charge in [0.2, 0.25) is 0 Å². The Balaban J connectivity index is 1.50. The van der Waals surface area contributed by atoms with Gasteiger partial charge in [-0.15, -0.1) is 0 Å². The van der Waals surface area contributed by atoms with Crippen molar-refractivity contribution in [2.75, 3.05) is 9.48 Å². The van der Waals surface area contributed by atoms with Gasteiger partial charge in [0.15, 0.2) is 0 Å². The lowest BCUT2D eigenvalue weighted by Gasteiger charge is -2.48. The quantitative estimate of drug-likeness (QED) is 0.212. The number of rotatable bonds is 0. The molecule has 1 unspecified atom stereocenters. The first-order chi connectivity index (χ1) is 18.3. The highest BCUT2D eigenvalue weighted by atomic mass is 32.4. The van der Waals surface area contributed by atoms with E-state index in [2.05, 4.69) is 119 Å². The summed E-state index contributed by atoms with van der Waals surface area (Å²) in [7, 11) is 0. The molecule has 1 atom stereocenters. The first kappa shape index (κ1) is 19.3. The molecule has 5 heteroatoms. The Hall–Kier alpha value is -3.85. The van der Waals surface area contributed by atoms with E-state index in [9.17, 15) is 0 Å². The van der Waals surface area contributed by atoms with Gasteiger partial charge in [-0.25, -0.2) is 0 Å². The van der Waals surface area contributed by atoms with E-state index in [-0.39, 0.29) is 6.85 Å². The largest absolute Gasteiger partial charge is 0.360 e. The third-order valence-electron chi connectivity index (χ3n) is 8.89. The summed E-state index contributed by atoms with van der Waals surface area (Å²) in [5.41, 5.74) is 14.6. The van der Waals surface area contributed by atoms with Crippen molar-refractivity contribution >= 4 is 63.3 Å². The van der Waals surface area contributed by atoms with Crippen LogP contribution in [0.2, 0.25) is 0 Å². The van der Waals surface area contributed by atoms with Crippen molar-refractivity contribution in [3.05, 3.63) is 126 Å². The molecule has 0 N–H and O–H groups in total. The van der Waals surface area contributed by atoms with E-state index < -0.39 is 6.19 Å². The minimum absolute atomic E-state index is 0.132. The summed E-state index contributed by atoms with van der Waals surface area (Å²) in [6, 6.07) is 40.6. The number of hydrogen-bond donors (Lipinski definition) is 0. The SMILES string of the molecule is S=P12c3ccccc3C3=C4N5B(c6ccccc63)c3ccccc3-c3ccc(c(c35)N41)-c1ccccc12. The van der Waals surface area contributed by atoms with Crippen LogP contribution in [-0.4, -0.2) is 6.85 Å². The molecule has 0 saturated carbocycles. The molecule has 0 aliphatic carbocycles. The summed E-state index contributed by atoms with van der Waals surface area (Å²) in [5, 5.41) is 2.62. The topological polar surface area (TPSA) is 6.48 Å². The molecule has 0 radical (unpaired) electrons. The Labute approximate surface area is 220 Å². The number of nitrogens with zero attached hydrogens (tertiary/aromatic N) is 2. The summed E-state index contributed by atoms with van der Waals surface area (Å²) < 4.78 is 2.63. The molecule has 0 aromatic heterocycles. The van der Waals surface area contributed by atoms with Crippen molar-refractivity contribution in [3.63, 3.8) is 0 Å². The Morgan fingerprint density at radius 3 is 1.81 bits per heavy atom. The van der Waals surface area contributed by atoms with E-state index in [1.54, 1.807) is 0 Å². The molecule has 5 aliphatic rings. The van der Waals surface area contributed by atoms with Gasteiger partial charge in [-0.3, -0.25) is 4.67 Å². The van der Waals surface area contributed by atoms with Crippen molar-refractivity contribution in [1.29, 1.82) is 0 Å². The molecule has 5 heterocycles. The second-order valence-electron chi connectivity index (χ2n) is 10.4. The molecule has 0 fully saturated rings. The highest BCUT2D eigenvalue weighted by molar-refractivity contribution is 8.23. The Kier molecular flexibility index (Phi) is 3.21. The van der Waals surface area contributed by atoms with E-state index in [1.807, 2.05) is 0 Å². The van der Waals surface area contributed by atoms with Crippen LogP contribution in [-0.2, 0) is 11.8 Å². The van der Waals surface area contributed by atoms with Crippen molar-refractivity contribution < 1.29 is 0 Å². The van der Waals surface area contributed by atoms with E-state index in [0.717, 1.165) is 0 Å². The lowest BCUT2D eigenvalue weighted by molar-refractivity contribution is 1.22. The minimum Gasteiger partial charge on any atom is -0.360 e. The van der Waals surface area contributed by atoms with E-state index in [1.165, 1.54) is 77.7 Å². The van der Waals surface area contributed by atoms with E-state index in [0.29, 0.717) is 0 Å². The molecule has 0 amide bonds. The predicted molar refractivity (Wildman–Crippen MR) is 160 cm³/mol. The van der Waals surface area contributed by atoms with Gasteiger partial charge in [-0.1, -0.05) is 121 Å². The summed E-state index contributed by atoms with van der Waals surface area (Å²) in [5.74, 6) is 1.29. The van der Waals surface area contributed by atoms with Crippen LogP contribution >= 0.6 is 6.19 Å². The van der Waals surface area contributed by atoms with Crippen molar-refractivity contribution in [2.24, 2.45) is 0 Å². The molecule has 5 aliphatic heterocycles. The normalized spacial score (nSPS) is 19.8. The average molecular weight is 504 g/mol. The molecule has 0 bridgehead atoms. The molecule has 37 heavy (non-hydrogen) atoms. The minimum atomic E-state index is -2.35. The van der Waals surface area contributed by atoms with Crippen LogP contribution in [0.4, 0.5) is 11.4 Å². The smallest absolute Gasteiger partial charge is 0.330 e. The second kappa shape index (κ2) is 6.16. The lowest BCUT2D eigenvalue weighted by atomic mass is 9.43. The zero-order valence-corrected chi connectivity index (χ0v) is 21.4. The monoisotopic (exact) mass is 504 g/mol. The van der Waals surface area contributed by atoms with E-state index in [4.69, 9.17) is 11.8 Å². The summed E-state index contributed by atoms with van der Waals surface area (Å²) in [6.07, 6.45) is -2.35. The van der Waals surface area contributed by atoms with Crippen LogP contribution in [0.25, 0.3) is 27.8 Å². The maximum absolute atomic E-state index is 6.96. The maximum Gasteiger partial charge on any atom is 0.330 e. The molecule has 10 rings (SSSR count). The van der Waals surface area contributed by atoms with E-state index >= 15 is 0 Å². The fraction of sp³-hybridized carbons (Fsp3) is 0. The maximum atomic E-state index is 6.96. The lowest BCUT2D eigenvalue weighted by Crippen LogP contribution is -2.62. The van der Waals surface area contributed by atoms with Crippen molar-refractivity contribution in [2.45, 2.75) is 0 Å². The molecule has 170 valence electrons. The molecule has 5 aromatic carbocycles. The van der Waals surface area contributed by atoms with Crippen LogP contribution in [0.3, 0.4) is 0 Å². The fourth-order valence-corrected chi connectivity index (χ4v) is 12.3. The number of anilines is 2.